The molecule has 11 heavy (non-hydrogen) atoms. The zero-order chi connectivity index (χ0) is 8.27. The van der Waals surface area contributed by atoms with Gasteiger partial charge in [0.05, 0.1) is 0 Å². The number of hydrogen-bond donors (Lipinski definition) is 0. The van der Waals surface area contributed by atoms with Crippen LogP contribution in [0.25, 0.3) is 5.41 Å². The third-order valence-corrected chi connectivity index (χ3v) is 1.60. The van der Waals surface area contributed by atoms with E-state index in [1.165, 1.54) is 0 Å². The molecule has 0 unspecified atom stereocenters. The predicted molar refractivity (Wildman–Crippen MR) is 46.4 cm³/mol. The van der Waals surface area contributed by atoms with Crippen molar-refractivity contribution in [2.24, 2.45) is 4.99 Å². The topological polar surface area (TPSA) is 34.7 Å². The minimum atomic E-state index is 0.801. The molecule has 0 heterocycles. The molecule has 1 rings (SSSR count). The molecule has 56 valence electrons. The van der Waals surface area contributed by atoms with Crippen molar-refractivity contribution in [1.82, 2.24) is 0 Å². The van der Waals surface area contributed by atoms with Crippen molar-refractivity contribution in [1.29, 1.82) is 0 Å². The lowest BCUT2D eigenvalue weighted by Crippen LogP contribution is -1.77. The molecule has 0 bridgehead atoms. The van der Waals surface area contributed by atoms with E-state index in [0.29, 0.717) is 0 Å². The monoisotopic (exact) mass is 145 g/mol. The van der Waals surface area contributed by atoms with Gasteiger partial charge in [-0.15, -0.1) is 0 Å². The number of aryl methyl sites for hydroxylation is 2. The standard InChI is InChI=1S/C9H9N2/c1-7-4-3-5-8(2)9(7)11-6-10/h3-5H,1-2H3/q-1. The number of rotatable bonds is 1. The molecule has 0 aliphatic heterocycles. The molecule has 1 aromatic carbocycles. The summed E-state index contributed by atoms with van der Waals surface area (Å²) in [6.45, 7) is 3.90. The van der Waals surface area contributed by atoms with Gasteiger partial charge in [-0.3, -0.25) is 0 Å². The van der Waals surface area contributed by atoms with Crippen molar-refractivity contribution in [3.8, 4) is 0 Å². The molecule has 1 aromatic rings. The number of aliphatic imine (C=N–C) groups is 1. The van der Waals surface area contributed by atoms with Crippen molar-refractivity contribution < 1.29 is 0 Å². The summed E-state index contributed by atoms with van der Waals surface area (Å²) in [7, 11) is 0. The molecule has 0 aliphatic rings. The van der Waals surface area contributed by atoms with Gasteiger partial charge < -0.3 is 10.4 Å². The van der Waals surface area contributed by atoms with Crippen molar-refractivity contribution in [3.05, 3.63) is 34.7 Å². The molecule has 0 N–H and O–H groups in total. The summed E-state index contributed by atoms with van der Waals surface area (Å²) >= 11 is 0. The Labute approximate surface area is 66.1 Å². The molecule has 2 heteroatoms. The number of nitrogens with zero attached hydrogens (tertiary/aromatic N) is 2. The van der Waals surface area contributed by atoms with Crippen LogP contribution in [-0.4, -0.2) is 6.01 Å². The van der Waals surface area contributed by atoms with E-state index >= 15 is 0 Å². The first-order valence-corrected chi connectivity index (χ1v) is 3.41. The largest absolute Gasteiger partial charge is 0.422 e. The third-order valence-electron chi connectivity index (χ3n) is 1.60. The Bertz CT molecular complexity index is 289. The van der Waals surface area contributed by atoms with Crippen LogP contribution in [0.1, 0.15) is 11.1 Å². The quantitative estimate of drug-likeness (QED) is 0.544. The van der Waals surface area contributed by atoms with Crippen LogP contribution >= 0.6 is 0 Å². The van der Waals surface area contributed by atoms with Crippen LogP contribution in [0.4, 0.5) is 5.69 Å². The lowest BCUT2D eigenvalue weighted by molar-refractivity contribution is 1.34. The molecule has 0 saturated carbocycles. The SMILES string of the molecule is Cc1cccc(C)c1N=C=[N-]. The second-order valence-corrected chi connectivity index (χ2v) is 2.45. The molecule has 0 spiro atoms. The van der Waals surface area contributed by atoms with Crippen LogP contribution in [0.3, 0.4) is 0 Å². The van der Waals surface area contributed by atoms with E-state index in [9.17, 15) is 0 Å². The first-order valence-electron chi connectivity index (χ1n) is 3.41. The maximum absolute atomic E-state index is 8.35. The summed E-state index contributed by atoms with van der Waals surface area (Å²) in [5, 5.41) is 8.35. The van der Waals surface area contributed by atoms with Crippen molar-refractivity contribution >= 4 is 11.7 Å². The fourth-order valence-electron chi connectivity index (χ4n) is 1.03. The van der Waals surface area contributed by atoms with E-state index in [-0.39, 0.29) is 0 Å². The average Bonchev–Trinajstić information content (AvgIpc) is 1.97. The normalized spacial score (nSPS) is 8.91. The molecule has 0 radical (unpaired) electrons. The summed E-state index contributed by atoms with van der Waals surface area (Å²) in [6, 6.07) is 7.65. The van der Waals surface area contributed by atoms with Gasteiger partial charge in [-0.1, -0.05) is 18.2 Å². The molecular formula is C9H9N2-. The second-order valence-electron chi connectivity index (χ2n) is 2.45. The Morgan fingerprint density at radius 2 is 1.82 bits per heavy atom. The number of benzene rings is 1. The third kappa shape index (κ3) is 1.54. The Morgan fingerprint density at radius 1 is 1.27 bits per heavy atom. The summed E-state index contributed by atoms with van der Waals surface area (Å²) in [6.07, 6.45) is 0. The Hall–Kier alpha value is -1.40. The van der Waals surface area contributed by atoms with Gasteiger partial charge in [0.1, 0.15) is 0 Å². The Kier molecular flexibility index (Phi) is 2.19. The summed E-state index contributed by atoms with van der Waals surface area (Å²) in [5.74, 6) is 0. The van der Waals surface area contributed by atoms with Crippen LogP contribution in [-0.2, 0) is 0 Å². The first-order chi connectivity index (χ1) is 5.25. The highest BCUT2D eigenvalue weighted by molar-refractivity contribution is 5.60. The molecule has 0 saturated heterocycles. The molecule has 2 nitrogen and oxygen atoms in total. The lowest BCUT2D eigenvalue weighted by Gasteiger charge is -2.06. The molecule has 0 fully saturated rings. The van der Waals surface area contributed by atoms with E-state index in [0.717, 1.165) is 16.8 Å². The molecule has 0 atom stereocenters. The van der Waals surface area contributed by atoms with Gasteiger partial charge in [-0.25, -0.2) is 0 Å². The van der Waals surface area contributed by atoms with Gasteiger partial charge in [0.25, 0.3) is 0 Å². The highest BCUT2D eigenvalue weighted by Crippen LogP contribution is 2.21. The van der Waals surface area contributed by atoms with Crippen LogP contribution in [0.2, 0.25) is 0 Å². The fourth-order valence-corrected chi connectivity index (χ4v) is 1.03. The average molecular weight is 145 g/mol. The molecule has 0 amide bonds. The van der Waals surface area contributed by atoms with E-state index in [1.807, 2.05) is 32.0 Å². The van der Waals surface area contributed by atoms with Gasteiger partial charge in [-0.05, 0) is 30.7 Å². The Morgan fingerprint density at radius 3 is 2.27 bits per heavy atom. The summed E-state index contributed by atoms with van der Waals surface area (Å²) < 4.78 is 0. The van der Waals surface area contributed by atoms with Crippen molar-refractivity contribution in [3.63, 3.8) is 0 Å². The molecule has 0 aliphatic carbocycles. The van der Waals surface area contributed by atoms with Gasteiger partial charge in [-0.2, -0.15) is 6.01 Å². The number of hydrogen-bond acceptors (Lipinski definition) is 1. The minimum absolute atomic E-state index is 0.801. The maximum atomic E-state index is 8.35. The zero-order valence-corrected chi connectivity index (χ0v) is 6.63. The Balaban J connectivity index is 3.31. The van der Waals surface area contributed by atoms with E-state index < -0.39 is 0 Å². The van der Waals surface area contributed by atoms with E-state index in [2.05, 4.69) is 4.99 Å². The van der Waals surface area contributed by atoms with Crippen LogP contribution in [0.15, 0.2) is 23.2 Å². The van der Waals surface area contributed by atoms with Crippen molar-refractivity contribution in [2.45, 2.75) is 13.8 Å². The predicted octanol–water partition coefficient (Wildman–Crippen LogP) is 2.68. The highest BCUT2D eigenvalue weighted by Gasteiger charge is 1.91. The van der Waals surface area contributed by atoms with Gasteiger partial charge >= 0.3 is 0 Å². The minimum Gasteiger partial charge on any atom is -0.422 e. The smallest absolute Gasteiger partial charge is 0.0297 e. The lowest BCUT2D eigenvalue weighted by atomic mass is 10.1. The number of para-hydroxylation sites is 1. The summed E-state index contributed by atoms with van der Waals surface area (Å²) in [5.41, 5.74) is 2.90. The fraction of sp³-hybridized carbons (Fsp3) is 0.222. The van der Waals surface area contributed by atoms with Gasteiger partial charge in [0.15, 0.2) is 0 Å². The van der Waals surface area contributed by atoms with Crippen LogP contribution in [0, 0.1) is 13.8 Å². The second kappa shape index (κ2) is 3.13. The van der Waals surface area contributed by atoms with Gasteiger partial charge in [0.2, 0.25) is 0 Å². The van der Waals surface area contributed by atoms with Gasteiger partial charge in [0, 0.05) is 0 Å². The highest BCUT2D eigenvalue weighted by atomic mass is 14.7. The van der Waals surface area contributed by atoms with E-state index in [4.69, 9.17) is 5.41 Å². The first kappa shape index (κ1) is 7.70. The van der Waals surface area contributed by atoms with Crippen LogP contribution in [0.5, 0.6) is 0 Å². The zero-order valence-electron chi connectivity index (χ0n) is 6.63. The molecule has 0 aromatic heterocycles. The van der Waals surface area contributed by atoms with E-state index in [1.54, 1.807) is 6.01 Å². The maximum Gasteiger partial charge on any atom is -0.0297 e. The summed E-state index contributed by atoms with van der Waals surface area (Å²) in [4.78, 5) is 3.71. The molecular weight excluding hydrogens is 136 g/mol. The van der Waals surface area contributed by atoms with Crippen molar-refractivity contribution in [2.75, 3.05) is 0 Å². The van der Waals surface area contributed by atoms with Crippen LogP contribution < -0.4 is 0 Å².